The van der Waals surface area contributed by atoms with Crippen LogP contribution in [0.1, 0.15) is 31.4 Å². The molecule has 0 radical (unpaired) electrons. The molecule has 0 spiro atoms. The van der Waals surface area contributed by atoms with Crippen molar-refractivity contribution in [3.05, 3.63) is 35.4 Å². The molecule has 1 atom stereocenters. The summed E-state index contributed by atoms with van der Waals surface area (Å²) in [4.78, 5) is 10.8. The second kappa shape index (κ2) is 5.69. The molecule has 0 bridgehead atoms. The molecule has 16 heavy (non-hydrogen) atoms. The molecular weight excluding hydrogens is 200 g/mol. The molecule has 1 aromatic rings. The van der Waals surface area contributed by atoms with Crippen LogP contribution in [0.5, 0.6) is 0 Å². The molecule has 1 aromatic carbocycles. The van der Waals surface area contributed by atoms with E-state index >= 15 is 0 Å². The van der Waals surface area contributed by atoms with Crippen LogP contribution >= 0.6 is 0 Å². The van der Waals surface area contributed by atoms with Gasteiger partial charge in [0, 0.05) is 6.42 Å². The smallest absolute Gasteiger partial charge is 0.303 e. The summed E-state index contributed by atoms with van der Waals surface area (Å²) in [5, 5.41) is 8.88. The summed E-state index contributed by atoms with van der Waals surface area (Å²) in [6.45, 7) is 6.26. The summed E-state index contributed by atoms with van der Waals surface area (Å²) in [5.41, 5.74) is 2.51. The van der Waals surface area contributed by atoms with E-state index in [1.54, 1.807) is 0 Å². The lowest BCUT2D eigenvalue weighted by Crippen LogP contribution is -2.17. The molecule has 2 nitrogen and oxygen atoms in total. The molecule has 0 saturated carbocycles. The van der Waals surface area contributed by atoms with Gasteiger partial charge in [-0.3, -0.25) is 4.79 Å². The van der Waals surface area contributed by atoms with Crippen molar-refractivity contribution in [2.45, 2.75) is 33.6 Å². The number of carbonyl (C=O) groups is 1. The minimum absolute atomic E-state index is 0.221. The van der Waals surface area contributed by atoms with E-state index in [0.717, 1.165) is 6.42 Å². The quantitative estimate of drug-likeness (QED) is 0.826. The van der Waals surface area contributed by atoms with Gasteiger partial charge in [-0.2, -0.15) is 0 Å². The van der Waals surface area contributed by atoms with Gasteiger partial charge in [0.2, 0.25) is 0 Å². The molecule has 0 amide bonds. The summed E-state index contributed by atoms with van der Waals surface area (Å²) < 4.78 is 0. The predicted molar refractivity (Wildman–Crippen MR) is 65.5 cm³/mol. The largest absolute Gasteiger partial charge is 0.481 e. The average molecular weight is 220 g/mol. The first-order valence-electron chi connectivity index (χ1n) is 5.77. The van der Waals surface area contributed by atoms with Gasteiger partial charge in [-0.15, -0.1) is 0 Å². The molecule has 0 heterocycles. The van der Waals surface area contributed by atoms with Crippen LogP contribution in [-0.4, -0.2) is 11.1 Å². The second-order valence-electron chi connectivity index (χ2n) is 4.73. The maximum absolute atomic E-state index is 10.8. The van der Waals surface area contributed by atoms with Crippen molar-refractivity contribution in [3.63, 3.8) is 0 Å². The normalized spacial score (nSPS) is 12.8. The zero-order valence-electron chi connectivity index (χ0n) is 10.2. The highest BCUT2D eigenvalue weighted by Crippen LogP contribution is 2.22. The molecule has 2 heteroatoms. The maximum atomic E-state index is 10.8. The number of carboxylic acids is 1. The summed E-state index contributed by atoms with van der Waals surface area (Å²) in [6, 6.07) is 8.20. The van der Waals surface area contributed by atoms with Crippen LogP contribution in [0, 0.1) is 18.8 Å². The second-order valence-corrected chi connectivity index (χ2v) is 4.73. The van der Waals surface area contributed by atoms with Gasteiger partial charge in [0.1, 0.15) is 0 Å². The van der Waals surface area contributed by atoms with Crippen LogP contribution in [0.25, 0.3) is 0 Å². The number of aliphatic carboxylic acids is 1. The molecule has 0 aliphatic rings. The van der Waals surface area contributed by atoms with E-state index in [-0.39, 0.29) is 12.3 Å². The fourth-order valence-corrected chi connectivity index (χ4v) is 1.89. The van der Waals surface area contributed by atoms with Crippen molar-refractivity contribution in [3.8, 4) is 0 Å². The van der Waals surface area contributed by atoms with E-state index in [1.165, 1.54) is 11.1 Å². The minimum Gasteiger partial charge on any atom is -0.481 e. The van der Waals surface area contributed by atoms with Gasteiger partial charge >= 0.3 is 5.97 Å². The van der Waals surface area contributed by atoms with Gasteiger partial charge in [-0.1, -0.05) is 38.1 Å². The standard InChI is InChI=1S/C14H20O2/c1-10(2)13(9-14(15)16)8-12-7-5-4-6-11(12)3/h4-7,10,13H,8-9H2,1-3H3,(H,15,16). The molecule has 1 unspecified atom stereocenters. The fourth-order valence-electron chi connectivity index (χ4n) is 1.89. The Bertz CT molecular complexity index is 356. The number of rotatable bonds is 5. The van der Waals surface area contributed by atoms with Gasteiger partial charge in [-0.25, -0.2) is 0 Å². The summed E-state index contributed by atoms with van der Waals surface area (Å²) >= 11 is 0. The maximum Gasteiger partial charge on any atom is 0.303 e. The Morgan fingerprint density at radius 1 is 1.31 bits per heavy atom. The number of benzene rings is 1. The highest BCUT2D eigenvalue weighted by molar-refractivity contribution is 5.67. The van der Waals surface area contributed by atoms with Crippen molar-refractivity contribution in [1.29, 1.82) is 0 Å². The fraction of sp³-hybridized carbons (Fsp3) is 0.500. The van der Waals surface area contributed by atoms with E-state index in [2.05, 4.69) is 32.9 Å². The van der Waals surface area contributed by atoms with E-state index in [1.807, 2.05) is 12.1 Å². The molecule has 1 N–H and O–H groups in total. The van der Waals surface area contributed by atoms with Crippen LogP contribution in [-0.2, 0) is 11.2 Å². The average Bonchev–Trinajstić information content (AvgIpc) is 2.19. The van der Waals surface area contributed by atoms with E-state index in [4.69, 9.17) is 5.11 Å². The highest BCUT2D eigenvalue weighted by Gasteiger charge is 2.18. The van der Waals surface area contributed by atoms with Gasteiger partial charge in [-0.05, 0) is 36.3 Å². The lowest BCUT2D eigenvalue weighted by atomic mass is 9.85. The third-order valence-electron chi connectivity index (χ3n) is 3.12. The van der Waals surface area contributed by atoms with Gasteiger partial charge in [0.25, 0.3) is 0 Å². The molecule has 1 rings (SSSR count). The highest BCUT2D eigenvalue weighted by atomic mass is 16.4. The first kappa shape index (κ1) is 12.8. The Kier molecular flexibility index (Phi) is 4.53. The molecule has 0 saturated heterocycles. The molecule has 0 aliphatic carbocycles. The van der Waals surface area contributed by atoms with Crippen LogP contribution in [0.15, 0.2) is 24.3 Å². The Labute approximate surface area is 97.3 Å². The number of aryl methyl sites for hydroxylation is 1. The van der Waals surface area contributed by atoms with Crippen molar-refractivity contribution in [2.24, 2.45) is 11.8 Å². The van der Waals surface area contributed by atoms with E-state index < -0.39 is 5.97 Å². The van der Waals surface area contributed by atoms with Crippen molar-refractivity contribution in [1.82, 2.24) is 0 Å². The molecule has 0 fully saturated rings. The Hall–Kier alpha value is -1.31. The third kappa shape index (κ3) is 3.69. The third-order valence-corrected chi connectivity index (χ3v) is 3.12. The Balaban J connectivity index is 2.76. The Morgan fingerprint density at radius 3 is 2.44 bits per heavy atom. The molecule has 88 valence electrons. The first-order chi connectivity index (χ1) is 7.50. The topological polar surface area (TPSA) is 37.3 Å². The van der Waals surface area contributed by atoms with E-state index in [9.17, 15) is 4.79 Å². The molecular formula is C14H20O2. The van der Waals surface area contributed by atoms with Gasteiger partial charge in [0.15, 0.2) is 0 Å². The molecule has 0 aromatic heterocycles. The van der Waals surface area contributed by atoms with Crippen LogP contribution in [0.3, 0.4) is 0 Å². The SMILES string of the molecule is Cc1ccccc1CC(CC(=O)O)C(C)C. The van der Waals surface area contributed by atoms with Gasteiger partial charge < -0.3 is 5.11 Å². The zero-order valence-corrected chi connectivity index (χ0v) is 10.2. The molecule has 0 aliphatic heterocycles. The van der Waals surface area contributed by atoms with Crippen molar-refractivity contribution >= 4 is 5.97 Å². The minimum atomic E-state index is -0.702. The lowest BCUT2D eigenvalue weighted by molar-refractivity contribution is -0.138. The van der Waals surface area contributed by atoms with Crippen molar-refractivity contribution in [2.75, 3.05) is 0 Å². The van der Waals surface area contributed by atoms with Gasteiger partial charge in [0.05, 0.1) is 0 Å². The first-order valence-corrected chi connectivity index (χ1v) is 5.77. The van der Waals surface area contributed by atoms with Crippen LogP contribution in [0.2, 0.25) is 0 Å². The lowest BCUT2D eigenvalue weighted by Gasteiger charge is -2.19. The van der Waals surface area contributed by atoms with Crippen LogP contribution in [0.4, 0.5) is 0 Å². The summed E-state index contributed by atoms with van der Waals surface area (Å²) in [6.07, 6.45) is 1.11. The Morgan fingerprint density at radius 2 is 1.94 bits per heavy atom. The summed E-state index contributed by atoms with van der Waals surface area (Å²) in [5.74, 6) is -0.0819. The summed E-state index contributed by atoms with van der Waals surface area (Å²) in [7, 11) is 0. The van der Waals surface area contributed by atoms with Crippen molar-refractivity contribution < 1.29 is 9.90 Å². The van der Waals surface area contributed by atoms with Crippen LogP contribution < -0.4 is 0 Å². The monoisotopic (exact) mass is 220 g/mol. The number of carboxylic acid groups (broad SMARTS) is 1. The number of hydrogen-bond acceptors (Lipinski definition) is 1. The van der Waals surface area contributed by atoms with E-state index in [0.29, 0.717) is 5.92 Å². The zero-order chi connectivity index (χ0) is 12.1. The number of hydrogen-bond donors (Lipinski definition) is 1. The predicted octanol–water partition coefficient (Wildman–Crippen LogP) is 3.28.